The van der Waals surface area contributed by atoms with Crippen LogP contribution < -0.4 is 5.32 Å². The summed E-state index contributed by atoms with van der Waals surface area (Å²) in [6.45, 7) is 0. The van der Waals surface area contributed by atoms with Gasteiger partial charge in [-0.25, -0.2) is 0 Å². The Morgan fingerprint density at radius 3 is 2.71 bits per heavy atom. The summed E-state index contributed by atoms with van der Waals surface area (Å²) in [6.07, 6.45) is -1.22. The predicted octanol–water partition coefficient (Wildman–Crippen LogP) is 6.52. The fourth-order valence-corrected chi connectivity index (χ4v) is 3.74. The molecular weight excluding hydrogens is 411 g/mol. The topological polar surface area (TPSA) is 57.5 Å². The summed E-state index contributed by atoms with van der Waals surface area (Å²) in [5, 5.41) is 12.8. The molecule has 4 nitrogen and oxygen atoms in total. The number of nitrogens with zero attached hydrogens (tertiary/aromatic N) is 2. The predicted molar refractivity (Wildman–Crippen MR) is 106 cm³/mol. The van der Waals surface area contributed by atoms with Crippen molar-refractivity contribution in [3.63, 3.8) is 0 Å². The molecule has 0 saturated heterocycles. The number of benzene rings is 2. The quantitative estimate of drug-likeness (QED) is 0.506. The van der Waals surface area contributed by atoms with Gasteiger partial charge in [-0.15, -0.1) is 0 Å². The van der Waals surface area contributed by atoms with E-state index in [0.717, 1.165) is 34.2 Å². The molecule has 142 valence electrons. The molecule has 1 aliphatic heterocycles. The Balaban J connectivity index is 1.66. The summed E-state index contributed by atoms with van der Waals surface area (Å²) in [7, 11) is 0. The Kier molecular flexibility index (Phi) is 4.60. The maximum absolute atomic E-state index is 13.2. The number of fused-ring (bicyclic) bond motifs is 1. The summed E-state index contributed by atoms with van der Waals surface area (Å²) in [5.74, 6) is -0.277. The van der Waals surface area contributed by atoms with Crippen molar-refractivity contribution in [3.8, 4) is 5.88 Å². The van der Waals surface area contributed by atoms with E-state index in [4.69, 9.17) is 11.6 Å². The fourth-order valence-electron chi connectivity index (χ4n) is 2.74. The van der Waals surface area contributed by atoms with Gasteiger partial charge in [0.15, 0.2) is 5.13 Å². The monoisotopic (exact) mass is 421 g/mol. The van der Waals surface area contributed by atoms with E-state index in [9.17, 15) is 18.3 Å². The van der Waals surface area contributed by atoms with E-state index in [2.05, 4.69) is 15.3 Å². The number of rotatable bonds is 3. The first kappa shape index (κ1) is 18.5. The zero-order valence-corrected chi connectivity index (χ0v) is 15.5. The molecule has 2 heterocycles. The van der Waals surface area contributed by atoms with Gasteiger partial charge in [-0.1, -0.05) is 41.1 Å². The SMILES string of the molecule is Oc1nc(Nc2ccc(Cl)cc2C(F)(F)F)sc1/C=C1\C=Nc2ccccc21. The lowest BCUT2D eigenvalue weighted by molar-refractivity contribution is -0.136. The number of para-hydroxylation sites is 1. The zero-order valence-electron chi connectivity index (χ0n) is 14.0. The molecule has 0 aliphatic carbocycles. The number of nitrogens with one attached hydrogen (secondary N) is 1. The van der Waals surface area contributed by atoms with E-state index in [1.165, 1.54) is 12.1 Å². The molecule has 3 aromatic rings. The molecule has 28 heavy (non-hydrogen) atoms. The number of aromatic hydroxyl groups is 1. The molecule has 0 atom stereocenters. The number of allylic oxidation sites excluding steroid dienone is 1. The third kappa shape index (κ3) is 3.61. The van der Waals surface area contributed by atoms with Crippen molar-refractivity contribution in [3.05, 3.63) is 63.5 Å². The number of alkyl halides is 3. The van der Waals surface area contributed by atoms with Crippen molar-refractivity contribution < 1.29 is 18.3 Å². The molecule has 0 spiro atoms. The molecule has 1 aromatic heterocycles. The Labute approximate surface area is 166 Å². The van der Waals surface area contributed by atoms with E-state index >= 15 is 0 Å². The molecule has 4 rings (SSSR count). The number of thiazole rings is 1. The Bertz CT molecular complexity index is 1120. The lowest BCUT2D eigenvalue weighted by atomic mass is 10.1. The van der Waals surface area contributed by atoms with Crippen LogP contribution in [0.4, 0.5) is 29.7 Å². The van der Waals surface area contributed by atoms with Crippen molar-refractivity contribution >= 4 is 57.3 Å². The lowest BCUT2D eigenvalue weighted by Crippen LogP contribution is -2.08. The van der Waals surface area contributed by atoms with E-state index in [0.29, 0.717) is 4.88 Å². The highest BCUT2D eigenvalue weighted by atomic mass is 35.5. The molecule has 0 amide bonds. The number of halogens is 4. The molecule has 0 unspecified atom stereocenters. The molecule has 2 N–H and O–H groups in total. The van der Waals surface area contributed by atoms with Gasteiger partial charge in [0.1, 0.15) is 0 Å². The van der Waals surface area contributed by atoms with Crippen LogP contribution in [-0.2, 0) is 6.18 Å². The van der Waals surface area contributed by atoms with Crippen LogP contribution in [0, 0.1) is 0 Å². The van der Waals surface area contributed by atoms with Crippen molar-refractivity contribution in [1.82, 2.24) is 4.98 Å². The largest absolute Gasteiger partial charge is 0.492 e. The fraction of sp³-hybridized carbons (Fsp3) is 0.0526. The summed E-state index contributed by atoms with van der Waals surface area (Å²) in [5.41, 5.74) is 1.39. The second-order valence-electron chi connectivity index (χ2n) is 5.89. The van der Waals surface area contributed by atoms with Crippen LogP contribution in [0.3, 0.4) is 0 Å². The molecule has 0 saturated carbocycles. The standard InChI is InChI=1S/C19H11ClF3N3OS/c20-11-5-6-15(13(8-11)19(21,22)23)25-18-26-17(27)16(28-18)7-10-9-24-14-4-2-1-3-12(10)14/h1-9,27H,(H,25,26)/b10-7+. The second kappa shape index (κ2) is 6.96. The van der Waals surface area contributed by atoms with Crippen LogP contribution in [0.1, 0.15) is 16.0 Å². The molecular formula is C19H11ClF3N3OS. The summed E-state index contributed by atoms with van der Waals surface area (Å²) in [6, 6.07) is 10.9. The third-order valence-corrected chi connectivity index (χ3v) is 5.15. The number of hydrogen-bond donors (Lipinski definition) is 2. The minimum Gasteiger partial charge on any atom is -0.492 e. The number of aromatic nitrogens is 1. The van der Waals surface area contributed by atoms with E-state index < -0.39 is 11.7 Å². The van der Waals surface area contributed by atoms with Gasteiger partial charge in [0, 0.05) is 22.4 Å². The third-order valence-electron chi connectivity index (χ3n) is 4.01. The lowest BCUT2D eigenvalue weighted by Gasteiger charge is -2.13. The van der Waals surface area contributed by atoms with Crippen molar-refractivity contribution in [2.24, 2.45) is 4.99 Å². The van der Waals surface area contributed by atoms with Gasteiger partial charge < -0.3 is 10.4 Å². The average Bonchev–Trinajstić information content (AvgIpc) is 3.20. The molecule has 0 radical (unpaired) electrons. The number of anilines is 2. The van der Waals surface area contributed by atoms with Crippen LogP contribution >= 0.6 is 22.9 Å². The van der Waals surface area contributed by atoms with E-state index in [-0.39, 0.29) is 21.7 Å². The van der Waals surface area contributed by atoms with Crippen molar-refractivity contribution in [2.45, 2.75) is 6.18 Å². The van der Waals surface area contributed by atoms with Crippen molar-refractivity contribution in [2.75, 3.05) is 5.32 Å². The number of hydrogen-bond acceptors (Lipinski definition) is 5. The highest BCUT2D eigenvalue weighted by molar-refractivity contribution is 7.16. The second-order valence-corrected chi connectivity index (χ2v) is 7.36. The number of aliphatic imine (C=N–C) groups is 1. The van der Waals surface area contributed by atoms with E-state index in [1.54, 1.807) is 12.3 Å². The average molecular weight is 422 g/mol. The molecule has 1 aliphatic rings. The highest BCUT2D eigenvalue weighted by Crippen LogP contribution is 2.40. The van der Waals surface area contributed by atoms with Gasteiger partial charge in [0.05, 0.1) is 21.8 Å². The van der Waals surface area contributed by atoms with Gasteiger partial charge in [0.2, 0.25) is 5.88 Å². The van der Waals surface area contributed by atoms with Crippen LogP contribution in [0.2, 0.25) is 5.02 Å². The Morgan fingerprint density at radius 2 is 1.93 bits per heavy atom. The molecule has 9 heteroatoms. The van der Waals surface area contributed by atoms with Gasteiger partial charge in [-0.05, 0) is 30.3 Å². The first-order chi connectivity index (χ1) is 13.3. The summed E-state index contributed by atoms with van der Waals surface area (Å²) >= 11 is 6.72. The van der Waals surface area contributed by atoms with Crippen LogP contribution in [0.15, 0.2) is 47.5 Å². The maximum Gasteiger partial charge on any atom is 0.418 e. The molecule has 2 aromatic carbocycles. The first-order valence-electron chi connectivity index (χ1n) is 8.00. The summed E-state index contributed by atoms with van der Waals surface area (Å²) < 4.78 is 39.7. The van der Waals surface area contributed by atoms with Crippen LogP contribution in [0.5, 0.6) is 5.88 Å². The van der Waals surface area contributed by atoms with Gasteiger partial charge in [-0.2, -0.15) is 18.2 Å². The smallest absolute Gasteiger partial charge is 0.418 e. The van der Waals surface area contributed by atoms with Gasteiger partial charge in [-0.3, -0.25) is 4.99 Å². The van der Waals surface area contributed by atoms with E-state index in [1.807, 2.05) is 24.3 Å². The maximum atomic E-state index is 13.2. The minimum atomic E-state index is -4.58. The Hall–Kier alpha value is -2.84. The summed E-state index contributed by atoms with van der Waals surface area (Å²) in [4.78, 5) is 8.61. The van der Waals surface area contributed by atoms with Crippen LogP contribution in [0.25, 0.3) is 11.6 Å². The van der Waals surface area contributed by atoms with Crippen LogP contribution in [-0.4, -0.2) is 16.3 Å². The van der Waals surface area contributed by atoms with Gasteiger partial charge in [0.25, 0.3) is 0 Å². The zero-order chi connectivity index (χ0) is 19.9. The molecule has 0 fully saturated rings. The minimum absolute atomic E-state index is 0.0236. The molecule has 0 bridgehead atoms. The first-order valence-corrected chi connectivity index (χ1v) is 9.19. The highest BCUT2D eigenvalue weighted by Gasteiger charge is 2.34. The normalized spacial score (nSPS) is 14.5. The van der Waals surface area contributed by atoms with Gasteiger partial charge >= 0.3 is 6.18 Å². The van der Waals surface area contributed by atoms with Crippen molar-refractivity contribution in [1.29, 1.82) is 0 Å². The Morgan fingerprint density at radius 1 is 1.14 bits per heavy atom.